The van der Waals surface area contributed by atoms with Gasteiger partial charge in [-0.2, -0.15) is 16.8 Å². The lowest BCUT2D eigenvalue weighted by molar-refractivity contribution is 0.290. The lowest BCUT2D eigenvalue weighted by Gasteiger charge is -2.17. The van der Waals surface area contributed by atoms with E-state index in [0.717, 1.165) is 6.67 Å². The summed E-state index contributed by atoms with van der Waals surface area (Å²) in [6.45, 7) is 4.58. The minimum Gasteiger partial charge on any atom is -0.362 e. The highest BCUT2D eigenvalue weighted by Crippen LogP contribution is 2.08. The highest BCUT2D eigenvalue weighted by molar-refractivity contribution is 7.94. The van der Waals surface area contributed by atoms with Crippen LogP contribution in [0.5, 0.6) is 0 Å². The topological polar surface area (TPSA) is 124 Å². The molecule has 0 unspecified atom stereocenters. The van der Waals surface area contributed by atoms with Gasteiger partial charge in [0.05, 0.1) is 6.67 Å². The van der Waals surface area contributed by atoms with Gasteiger partial charge in [-0.15, -0.1) is 3.63 Å². The summed E-state index contributed by atoms with van der Waals surface area (Å²) >= 11 is 0. The molecule has 0 aromatic rings. The van der Waals surface area contributed by atoms with E-state index in [1.54, 1.807) is 0 Å². The van der Waals surface area contributed by atoms with Crippen LogP contribution >= 0.6 is 0 Å². The van der Waals surface area contributed by atoms with Crippen molar-refractivity contribution in [1.29, 1.82) is 0 Å². The average molecular weight is 374 g/mol. The molecule has 23 heavy (non-hydrogen) atoms. The zero-order chi connectivity index (χ0) is 17.9. The molecule has 9 nitrogen and oxygen atoms in total. The molecule has 1 heterocycles. The fourth-order valence-electron chi connectivity index (χ4n) is 1.94. The van der Waals surface area contributed by atoms with Crippen molar-refractivity contribution < 1.29 is 29.6 Å². The Labute approximate surface area is 138 Å². The summed E-state index contributed by atoms with van der Waals surface area (Å²) in [4.78, 5) is 4.61. The molecular weight excluding hydrogens is 348 g/mol. The maximum absolute atomic E-state index is 9.44. The van der Waals surface area contributed by atoms with Crippen molar-refractivity contribution in [2.45, 2.75) is 45.4 Å². The van der Waals surface area contributed by atoms with Crippen LogP contribution in [0.2, 0.25) is 0 Å². The molecule has 0 aromatic heterocycles. The van der Waals surface area contributed by atoms with Crippen LogP contribution in [0.4, 0.5) is 0 Å². The lowest BCUT2D eigenvalue weighted by atomic mass is 10.1. The Hall–Kier alpha value is -0.880. The number of nitrogens with zero attached hydrogens (tertiary/aromatic N) is 2. The van der Waals surface area contributed by atoms with Gasteiger partial charge in [0, 0.05) is 26.0 Å². The zero-order valence-corrected chi connectivity index (χ0v) is 15.1. The van der Waals surface area contributed by atoms with Crippen molar-refractivity contribution >= 4 is 20.8 Å². The molecule has 0 atom stereocenters. The monoisotopic (exact) mass is 374 g/mol. The van der Waals surface area contributed by atoms with E-state index in [1.807, 2.05) is 0 Å². The first-order chi connectivity index (χ1) is 10.5. The van der Waals surface area contributed by atoms with E-state index in [-0.39, 0.29) is 0 Å². The van der Waals surface area contributed by atoms with Crippen LogP contribution in [-0.4, -0.2) is 56.0 Å². The Morgan fingerprint density at radius 3 is 1.87 bits per heavy atom. The molecule has 0 fully saturated rings. The van der Waals surface area contributed by atoms with Gasteiger partial charge in [0.15, 0.2) is 0 Å². The summed E-state index contributed by atoms with van der Waals surface area (Å²) in [5.74, 6) is 0. The second-order valence-corrected chi connectivity index (χ2v) is 7.46. The Bertz CT molecular complexity index is 516. The van der Waals surface area contributed by atoms with Gasteiger partial charge in [-0.25, -0.2) is 0 Å². The molecular formula is C12H26N2O7S2. The Morgan fingerprint density at radius 1 is 0.957 bits per heavy atom. The molecule has 11 heteroatoms. The summed E-state index contributed by atoms with van der Waals surface area (Å²) in [5.41, 5.74) is 0. The van der Waals surface area contributed by atoms with E-state index in [9.17, 15) is 16.8 Å². The quantitative estimate of drug-likeness (QED) is 0.457. The van der Waals surface area contributed by atoms with E-state index in [0.29, 0.717) is 0 Å². The van der Waals surface area contributed by atoms with E-state index in [1.165, 1.54) is 45.1 Å². The summed E-state index contributed by atoms with van der Waals surface area (Å²) in [6, 6.07) is 0. The molecule has 1 aliphatic heterocycles. The van der Waals surface area contributed by atoms with Crippen LogP contribution in [0.3, 0.4) is 0 Å². The van der Waals surface area contributed by atoms with Crippen molar-refractivity contribution in [2.24, 2.45) is 0 Å². The van der Waals surface area contributed by atoms with E-state index >= 15 is 0 Å². The maximum Gasteiger partial charge on any atom is 0.413 e. The summed E-state index contributed by atoms with van der Waals surface area (Å²) in [7, 11) is -8.12. The van der Waals surface area contributed by atoms with E-state index in [2.05, 4.69) is 39.8 Å². The normalized spacial score (nSPS) is 14.8. The van der Waals surface area contributed by atoms with Crippen LogP contribution in [0.25, 0.3) is 0 Å². The predicted molar refractivity (Wildman–Crippen MR) is 86.0 cm³/mol. The fraction of sp³-hybridized carbons (Fsp3) is 0.833. The second-order valence-electron chi connectivity index (χ2n) is 5.20. The van der Waals surface area contributed by atoms with Gasteiger partial charge in [-0.3, -0.25) is 9.11 Å². The highest BCUT2D eigenvalue weighted by atomic mass is 32.3. The lowest BCUT2D eigenvalue weighted by Crippen LogP contribution is -2.23. The predicted octanol–water partition coefficient (Wildman–Crippen LogP) is 1.63. The van der Waals surface area contributed by atoms with Gasteiger partial charge in [0.25, 0.3) is 0 Å². The molecule has 0 saturated heterocycles. The standard InChI is InChI=1S/C12H24N2.H2O7S2/c1-3-4-5-6-7-8-9-14-11-10-13(2)12-14;1-8(2,3)7-9(4,5)6/h10-11H,3-9,12H2,1-2H3;(H,1,2,3)(H,4,5,6). The molecule has 0 amide bonds. The smallest absolute Gasteiger partial charge is 0.362 e. The molecule has 0 bridgehead atoms. The van der Waals surface area contributed by atoms with Crippen molar-refractivity contribution in [1.82, 2.24) is 9.80 Å². The van der Waals surface area contributed by atoms with Gasteiger partial charge in [-0.1, -0.05) is 39.0 Å². The Kier molecular flexibility index (Phi) is 10.4. The third kappa shape index (κ3) is 15.8. The fourth-order valence-corrected chi connectivity index (χ4v) is 2.81. The van der Waals surface area contributed by atoms with Crippen LogP contribution in [0.1, 0.15) is 45.4 Å². The summed E-state index contributed by atoms with van der Waals surface area (Å²) in [5, 5.41) is 0. The molecule has 0 radical (unpaired) electrons. The second kappa shape index (κ2) is 10.8. The number of rotatable bonds is 9. The average Bonchev–Trinajstić information content (AvgIpc) is 2.76. The molecule has 138 valence electrons. The van der Waals surface area contributed by atoms with Crippen LogP contribution in [0, 0.1) is 0 Å². The minimum atomic E-state index is -5.12. The molecule has 1 aliphatic rings. The highest BCUT2D eigenvalue weighted by Gasteiger charge is 2.15. The molecule has 0 aliphatic carbocycles. The van der Waals surface area contributed by atoms with Gasteiger partial charge in [0.1, 0.15) is 0 Å². The van der Waals surface area contributed by atoms with Gasteiger partial charge in [0.2, 0.25) is 0 Å². The first-order valence-electron chi connectivity index (χ1n) is 7.32. The van der Waals surface area contributed by atoms with Crippen molar-refractivity contribution in [3.05, 3.63) is 12.4 Å². The number of hydrogen-bond donors (Lipinski definition) is 2. The molecule has 0 saturated carbocycles. The summed E-state index contributed by atoms with van der Waals surface area (Å²) in [6.07, 6.45) is 12.7. The van der Waals surface area contributed by atoms with Crippen molar-refractivity contribution in [3.63, 3.8) is 0 Å². The number of hydrogen-bond acceptors (Lipinski definition) is 7. The Balaban J connectivity index is 0.000000468. The summed E-state index contributed by atoms with van der Waals surface area (Å²) < 4.78 is 55.6. The molecule has 0 spiro atoms. The van der Waals surface area contributed by atoms with E-state index < -0.39 is 20.8 Å². The molecule has 2 N–H and O–H groups in total. The number of unbranched alkanes of at least 4 members (excludes halogenated alkanes) is 5. The SMILES string of the molecule is CCCCCCCCN1C=CN(C)C1.O=S(=O)(O)OS(=O)(=O)O. The van der Waals surface area contributed by atoms with Crippen LogP contribution in [-0.2, 0) is 24.4 Å². The Morgan fingerprint density at radius 2 is 1.48 bits per heavy atom. The van der Waals surface area contributed by atoms with Gasteiger partial charge < -0.3 is 9.80 Å². The van der Waals surface area contributed by atoms with Crippen molar-refractivity contribution in [3.8, 4) is 0 Å². The van der Waals surface area contributed by atoms with Crippen LogP contribution < -0.4 is 0 Å². The van der Waals surface area contributed by atoms with Gasteiger partial charge >= 0.3 is 20.8 Å². The third-order valence-electron chi connectivity index (χ3n) is 2.91. The largest absolute Gasteiger partial charge is 0.413 e. The van der Waals surface area contributed by atoms with Crippen LogP contribution in [0.15, 0.2) is 12.4 Å². The van der Waals surface area contributed by atoms with Gasteiger partial charge in [-0.05, 0) is 6.42 Å². The maximum atomic E-state index is 9.44. The first-order valence-corrected chi connectivity index (χ1v) is 10.0. The van der Waals surface area contributed by atoms with Crippen molar-refractivity contribution in [2.75, 3.05) is 20.3 Å². The first kappa shape index (κ1) is 22.1. The molecule has 0 aromatic carbocycles. The molecule has 1 rings (SSSR count). The minimum absolute atomic E-state index is 1.08. The van der Waals surface area contributed by atoms with E-state index in [4.69, 9.17) is 9.11 Å². The third-order valence-corrected chi connectivity index (χ3v) is 4.28. The zero-order valence-electron chi connectivity index (χ0n) is 13.5.